The quantitative estimate of drug-likeness (QED) is 0.703. The van der Waals surface area contributed by atoms with Crippen LogP contribution in [0, 0.1) is 0 Å². The molecule has 0 bridgehead atoms. The second-order valence-corrected chi connectivity index (χ2v) is 3.25. The number of piperazine rings is 1. The summed E-state index contributed by atoms with van der Waals surface area (Å²) in [5.74, 6) is 0. The zero-order chi connectivity index (χ0) is 11.6. The van der Waals surface area contributed by atoms with Gasteiger partial charge in [0.1, 0.15) is 0 Å². The number of rotatable bonds is 1. The highest BCUT2D eigenvalue weighted by Crippen LogP contribution is 2.04. The van der Waals surface area contributed by atoms with Gasteiger partial charge in [-0.15, -0.1) is 0 Å². The average Bonchev–Trinajstić information content (AvgIpc) is 2.27. The van der Waals surface area contributed by atoms with Crippen LogP contribution in [0.5, 0.6) is 0 Å². The molecular formula is C12H30N2. The van der Waals surface area contributed by atoms with Gasteiger partial charge in [0.25, 0.3) is 0 Å². The summed E-state index contributed by atoms with van der Waals surface area (Å²) < 4.78 is 0. The summed E-state index contributed by atoms with van der Waals surface area (Å²) in [7, 11) is 0. The Morgan fingerprint density at radius 1 is 1.14 bits per heavy atom. The fraction of sp³-hybridized carbons (Fsp3) is 1.00. The number of nitrogens with one attached hydrogen (secondary N) is 1. The van der Waals surface area contributed by atoms with Gasteiger partial charge in [0.05, 0.1) is 0 Å². The molecule has 0 aliphatic carbocycles. The maximum Gasteiger partial charge on any atom is 0.0193 e. The molecule has 88 valence electrons. The zero-order valence-electron chi connectivity index (χ0n) is 11.2. The minimum atomic E-state index is 0.677. The first-order valence-corrected chi connectivity index (χ1v) is 6.21. The largest absolute Gasteiger partial charge is 0.311 e. The molecule has 1 saturated heterocycles. The van der Waals surface area contributed by atoms with Crippen LogP contribution in [-0.4, -0.2) is 36.6 Å². The van der Waals surface area contributed by atoms with Crippen molar-refractivity contribution in [1.29, 1.82) is 0 Å². The van der Waals surface area contributed by atoms with Gasteiger partial charge in [0.2, 0.25) is 0 Å². The Morgan fingerprint density at radius 2 is 1.64 bits per heavy atom. The summed E-state index contributed by atoms with van der Waals surface area (Å²) in [4.78, 5) is 2.52. The van der Waals surface area contributed by atoms with E-state index >= 15 is 0 Å². The summed E-state index contributed by atoms with van der Waals surface area (Å²) in [5, 5.41) is 3.45. The topological polar surface area (TPSA) is 15.3 Å². The average molecular weight is 202 g/mol. The first-order chi connectivity index (χ1) is 6.74. The predicted octanol–water partition coefficient (Wildman–Crippen LogP) is 2.74. The minimum absolute atomic E-state index is 0.677. The molecule has 1 fully saturated rings. The highest BCUT2D eigenvalue weighted by atomic mass is 15.2. The van der Waals surface area contributed by atoms with Crippen LogP contribution in [0.25, 0.3) is 0 Å². The number of hydrogen-bond acceptors (Lipinski definition) is 2. The summed E-state index contributed by atoms with van der Waals surface area (Å²) >= 11 is 0. The second kappa shape index (κ2) is 11.0. The Morgan fingerprint density at radius 3 is 2.00 bits per heavy atom. The van der Waals surface area contributed by atoms with Crippen molar-refractivity contribution >= 4 is 0 Å². The zero-order valence-corrected chi connectivity index (χ0v) is 11.2. The SMILES string of the molecule is CC.CC.CCN1CC(C)NCC1C. The molecule has 1 N–H and O–H groups in total. The first kappa shape index (κ1) is 16.4. The highest BCUT2D eigenvalue weighted by Gasteiger charge is 2.19. The fourth-order valence-electron chi connectivity index (χ4n) is 1.54. The third-order valence-electron chi connectivity index (χ3n) is 2.30. The van der Waals surface area contributed by atoms with E-state index in [9.17, 15) is 0 Å². The van der Waals surface area contributed by atoms with E-state index in [0.717, 1.165) is 12.6 Å². The van der Waals surface area contributed by atoms with Gasteiger partial charge in [-0.3, -0.25) is 4.90 Å². The lowest BCUT2D eigenvalue weighted by Crippen LogP contribution is -2.53. The Balaban J connectivity index is 0. The molecule has 0 aromatic rings. The summed E-state index contributed by atoms with van der Waals surface area (Å²) in [5.41, 5.74) is 0. The minimum Gasteiger partial charge on any atom is -0.311 e. The Kier molecular flexibility index (Phi) is 12.8. The summed E-state index contributed by atoms with van der Waals surface area (Å²) in [6, 6.07) is 1.40. The van der Waals surface area contributed by atoms with Crippen molar-refractivity contribution in [1.82, 2.24) is 10.2 Å². The van der Waals surface area contributed by atoms with E-state index < -0.39 is 0 Å². The third-order valence-corrected chi connectivity index (χ3v) is 2.30. The Labute approximate surface area is 91.1 Å². The lowest BCUT2D eigenvalue weighted by atomic mass is 10.1. The van der Waals surface area contributed by atoms with E-state index in [-0.39, 0.29) is 0 Å². The summed E-state index contributed by atoms with van der Waals surface area (Å²) in [6.45, 7) is 18.3. The molecular weight excluding hydrogens is 172 g/mol. The van der Waals surface area contributed by atoms with Gasteiger partial charge >= 0.3 is 0 Å². The lowest BCUT2D eigenvalue weighted by molar-refractivity contribution is 0.154. The molecule has 2 nitrogen and oxygen atoms in total. The molecule has 1 aliphatic heterocycles. The van der Waals surface area contributed by atoms with E-state index in [4.69, 9.17) is 0 Å². The molecule has 1 heterocycles. The van der Waals surface area contributed by atoms with E-state index in [1.54, 1.807) is 0 Å². The Hall–Kier alpha value is -0.0800. The maximum atomic E-state index is 3.45. The predicted molar refractivity (Wildman–Crippen MR) is 66.9 cm³/mol. The van der Waals surface area contributed by atoms with Crippen LogP contribution in [0.2, 0.25) is 0 Å². The molecule has 0 saturated carbocycles. The van der Waals surface area contributed by atoms with Gasteiger partial charge < -0.3 is 5.32 Å². The first-order valence-electron chi connectivity index (χ1n) is 6.21. The monoisotopic (exact) mass is 202 g/mol. The van der Waals surface area contributed by atoms with Crippen LogP contribution in [-0.2, 0) is 0 Å². The Bertz CT molecular complexity index is 104. The van der Waals surface area contributed by atoms with Crippen LogP contribution in [0.1, 0.15) is 48.5 Å². The van der Waals surface area contributed by atoms with Crippen LogP contribution in [0.15, 0.2) is 0 Å². The van der Waals surface area contributed by atoms with E-state index in [2.05, 4.69) is 31.0 Å². The summed E-state index contributed by atoms with van der Waals surface area (Å²) in [6.07, 6.45) is 0. The van der Waals surface area contributed by atoms with Crippen LogP contribution < -0.4 is 5.32 Å². The third kappa shape index (κ3) is 6.39. The maximum absolute atomic E-state index is 3.45. The van der Waals surface area contributed by atoms with Crippen molar-refractivity contribution in [3.8, 4) is 0 Å². The van der Waals surface area contributed by atoms with Gasteiger partial charge in [0.15, 0.2) is 0 Å². The van der Waals surface area contributed by atoms with Crippen molar-refractivity contribution in [3.63, 3.8) is 0 Å². The van der Waals surface area contributed by atoms with E-state index in [0.29, 0.717) is 6.04 Å². The molecule has 0 aromatic carbocycles. The molecule has 2 atom stereocenters. The lowest BCUT2D eigenvalue weighted by Gasteiger charge is -2.36. The normalized spacial score (nSPS) is 26.8. The highest BCUT2D eigenvalue weighted by molar-refractivity contribution is 4.79. The number of hydrogen-bond donors (Lipinski definition) is 1. The molecule has 0 amide bonds. The molecule has 0 spiro atoms. The van der Waals surface area contributed by atoms with Gasteiger partial charge in [-0.25, -0.2) is 0 Å². The molecule has 0 aromatic heterocycles. The van der Waals surface area contributed by atoms with Gasteiger partial charge in [-0.2, -0.15) is 0 Å². The van der Waals surface area contributed by atoms with Crippen molar-refractivity contribution in [2.24, 2.45) is 0 Å². The van der Waals surface area contributed by atoms with E-state index in [1.807, 2.05) is 27.7 Å². The van der Waals surface area contributed by atoms with Crippen LogP contribution in [0.4, 0.5) is 0 Å². The van der Waals surface area contributed by atoms with Crippen LogP contribution in [0.3, 0.4) is 0 Å². The second-order valence-electron chi connectivity index (χ2n) is 3.25. The van der Waals surface area contributed by atoms with Crippen molar-refractivity contribution in [2.75, 3.05) is 19.6 Å². The van der Waals surface area contributed by atoms with Crippen LogP contribution >= 0.6 is 0 Å². The molecule has 2 unspecified atom stereocenters. The molecule has 14 heavy (non-hydrogen) atoms. The molecule has 2 heteroatoms. The molecule has 1 rings (SSSR count). The van der Waals surface area contributed by atoms with E-state index in [1.165, 1.54) is 13.1 Å². The smallest absolute Gasteiger partial charge is 0.0193 e. The molecule has 0 radical (unpaired) electrons. The van der Waals surface area contributed by atoms with Gasteiger partial charge in [-0.05, 0) is 20.4 Å². The number of likely N-dealkylation sites (N-methyl/N-ethyl adjacent to an activating group) is 1. The van der Waals surface area contributed by atoms with Crippen molar-refractivity contribution in [3.05, 3.63) is 0 Å². The standard InChI is InChI=1S/C8H18N2.2C2H6/c1-4-10-6-7(2)9-5-8(10)3;2*1-2/h7-9H,4-6H2,1-3H3;2*1-2H3. The van der Waals surface area contributed by atoms with Crippen molar-refractivity contribution in [2.45, 2.75) is 60.5 Å². The van der Waals surface area contributed by atoms with Gasteiger partial charge in [0, 0.05) is 25.2 Å². The van der Waals surface area contributed by atoms with Crippen molar-refractivity contribution < 1.29 is 0 Å². The number of nitrogens with zero attached hydrogens (tertiary/aromatic N) is 1. The van der Waals surface area contributed by atoms with Gasteiger partial charge in [-0.1, -0.05) is 34.6 Å². The fourth-order valence-corrected chi connectivity index (χ4v) is 1.54. The molecule has 1 aliphatic rings.